The summed E-state index contributed by atoms with van der Waals surface area (Å²) in [6.45, 7) is 4.79. The lowest BCUT2D eigenvalue weighted by molar-refractivity contribution is -0.870. The fourth-order valence-corrected chi connectivity index (χ4v) is 11.2. The molecule has 1 N–H and O–H groups in total. The van der Waals surface area contributed by atoms with Gasteiger partial charge in [0.15, 0.2) is 6.10 Å². The van der Waals surface area contributed by atoms with Crippen LogP contribution in [0.1, 0.15) is 361 Å². The Labute approximate surface area is 551 Å². The van der Waals surface area contributed by atoms with Crippen LogP contribution in [0, 0.1) is 0 Å². The lowest BCUT2D eigenvalue weighted by Gasteiger charge is -2.25. The monoisotopic (exact) mass is 1250 g/mol. The van der Waals surface area contributed by atoms with Gasteiger partial charge in [0.2, 0.25) is 0 Å². The van der Waals surface area contributed by atoms with Crippen molar-refractivity contribution >= 4 is 17.9 Å². The summed E-state index contributed by atoms with van der Waals surface area (Å²) in [5, 5.41) is 9.75. The first kappa shape index (κ1) is 85.7. The first-order valence-corrected chi connectivity index (χ1v) is 38.1. The zero-order valence-electron chi connectivity index (χ0n) is 59.3. The molecule has 0 rings (SSSR count). The molecule has 0 saturated carbocycles. The van der Waals surface area contributed by atoms with Crippen LogP contribution in [-0.4, -0.2) is 87.4 Å². The fraction of sp³-hybridized carbons (Fsp3) is 0.812. The third-order valence-electron chi connectivity index (χ3n) is 16.9. The zero-order valence-corrected chi connectivity index (χ0v) is 59.3. The Morgan fingerprint density at radius 2 is 0.640 bits per heavy atom. The molecule has 0 aliphatic heterocycles. The van der Waals surface area contributed by atoms with E-state index < -0.39 is 24.3 Å². The van der Waals surface area contributed by atoms with E-state index in [0.29, 0.717) is 23.9 Å². The minimum absolute atomic E-state index is 0.184. The largest absolute Gasteiger partial charge is 0.477 e. The second-order valence-electron chi connectivity index (χ2n) is 26.9. The van der Waals surface area contributed by atoms with Gasteiger partial charge in [-0.15, -0.1) is 0 Å². The molecule has 0 heterocycles. The molecule has 2 atom stereocenters. The molecule has 0 aromatic rings. The highest BCUT2D eigenvalue weighted by atomic mass is 16.7. The second kappa shape index (κ2) is 70.6. The number of likely N-dealkylation sites (N-methyl/N-ethyl adjacent to an activating group) is 1. The zero-order chi connectivity index (χ0) is 64.7. The van der Waals surface area contributed by atoms with Crippen molar-refractivity contribution in [3.8, 4) is 0 Å². The van der Waals surface area contributed by atoms with Gasteiger partial charge in [0, 0.05) is 12.8 Å². The Morgan fingerprint density at radius 1 is 0.348 bits per heavy atom. The van der Waals surface area contributed by atoms with Gasteiger partial charge in [-0.05, 0) is 83.5 Å². The summed E-state index contributed by atoms with van der Waals surface area (Å²) in [6.07, 6.45) is 92.0. The Morgan fingerprint density at radius 3 is 0.966 bits per heavy atom. The van der Waals surface area contributed by atoms with E-state index in [4.69, 9.17) is 18.9 Å². The molecule has 89 heavy (non-hydrogen) atoms. The molecule has 0 aliphatic carbocycles. The molecular weight excluding hydrogens is 1100 g/mol. The normalized spacial score (nSPS) is 13.0. The molecule has 0 amide bonds. The highest BCUT2D eigenvalue weighted by Gasteiger charge is 2.25. The summed E-state index contributed by atoms with van der Waals surface area (Å²) in [4.78, 5) is 37.6. The van der Waals surface area contributed by atoms with Gasteiger partial charge in [0.05, 0.1) is 34.4 Å². The molecule has 9 heteroatoms. The number of carbonyl (C=O) groups excluding carboxylic acids is 2. The summed E-state index contributed by atoms with van der Waals surface area (Å²) >= 11 is 0. The average Bonchev–Trinajstić information content (AvgIpc) is 3.64. The number of ether oxygens (including phenoxy) is 4. The van der Waals surface area contributed by atoms with Crippen molar-refractivity contribution in [3.63, 3.8) is 0 Å². The molecule has 0 aromatic carbocycles. The number of allylic oxidation sites excluding steroid dienone is 12. The Balaban J connectivity index is 3.95. The van der Waals surface area contributed by atoms with Crippen LogP contribution in [0.4, 0.5) is 0 Å². The molecule has 0 saturated heterocycles. The van der Waals surface area contributed by atoms with Gasteiger partial charge in [-0.2, -0.15) is 0 Å². The molecule has 0 fully saturated rings. The topological polar surface area (TPSA) is 108 Å². The van der Waals surface area contributed by atoms with Gasteiger partial charge in [0.1, 0.15) is 13.2 Å². The molecule has 0 aromatic heterocycles. The number of carbonyl (C=O) groups is 3. The molecular formula is C80H146NO8+. The third-order valence-corrected chi connectivity index (χ3v) is 16.9. The van der Waals surface area contributed by atoms with E-state index in [2.05, 4.69) is 86.8 Å². The highest BCUT2D eigenvalue weighted by Crippen LogP contribution is 2.19. The molecule has 9 nitrogen and oxygen atoms in total. The SMILES string of the molecule is CC/C=C\C/C=C\C/C=C\C/C=C\C/C=C\CCCCCCCCCC(=O)OC(COC(=O)CCCCCCCCCCCCCCCCCCCCCCCCCCCCCCC/C=C\CCCCCCCCCC)COC(OCC[N+](C)(C)C)C(=O)O. The van der Waals surface area contributed by atoms with Crippen molar-refractivity contribution in [1.29, 1.82) is 0 Å². The van der Waals surface area contributed by atoms with Crippen molar-refractivity contribution in [1.82, 2.24) is 0 Å². The second-order valence-corrected chi connectivity index (χ2v) is 26.9. The predicted octanol–water partition coefficient (Wildman–Crippen LogP) is 24.0. The Kier molecular flexibility index (Phi) is 68.0. The number of rotatable bonds is 71. The van der Waals surface area contributed by atoms with Gasteiger partial charge < -0.3 is 28.5 Å². The minimum atomic E-state index is -1.52. The van der Waals surface area contributed by atoms with Crippen LogP contribution in [0.5, 0.6) is 0 Å². The van der Waals surface area contributed by atoms with E-state index in [-0.39, 0.29) is 32.2 Å². The van der Waals surface area contributed by atoms with E-state index in [1.807, 2.05) is 21.1 Å². The van der Waals surface area contributed by atoms with Gasteiger partial charge in [-0.1, -0.05) is 337 Å². The fourth-order valence-electron chi connectivity index (χ4n) is 11.2. The van der Waals surface area contributed by atoms with Crippen molar-refractivity contribution in [3.05, 3.63) is 72.9 Å². The van der Waals surface area contributed by atoms with Crippen LogP contribution in [0.3, 0.4) is 0 Å². The van der Waals surface area contributed by atoms with Gasteiger partial charge in [-0.25, -0.2) is 4.79 Å². The van der Waals surface area contributed by atoms with Crippen LogP contribution < -0.4 is 0 Å². The first-order chi connectivity index (χ1) is 43.6. The van der Waals surface area contributed by atoms with Crippen LogP contribution >= 0.6 is 0 Å². The highest BCUT2D eigenvalue weighted by molar-refractivity contribution is 5.71. The summed E-state index contributed by atoms with van der Waals surface area (Å²) in [5.41, 5.74) is 0. The van der Waals surface area contributed by atoms with E-state index in [1.165, 1.54) is 250 Å². The number of esters is 2. The number of hydrogen-bond acceptors (Lipinski definition) is 7. The van der Waals surface area contributed by atoms with Crippen molar-refractivity contribution < 1.29 is 42.9 Å². The molecule has 2 unspecified atom stereocenters. The predicted molar refractivity (Wildman–Crippen MR) is 383 cm³/mol. The van der Waals surface area contributed by atoms with Crippen LogP contribution in [0.15, 0.2) is 72.9 Å². The maximum Gasteiger partial charge on any atom is 0.361 e. The summed E-state index contributed by atoms with van der Waals surface area (Å²) < 4.78 is 23.0. The van der Waals surface area contributed by atoms with Crippen LogP contribution in [-0.2, 0) is 33.3 Å². The standard InChI is InChI=1S/C80H145NO8/c1-6-8-10-12-14-16-18-20-22-24-26-28-30-31-32-33-34-35-36-37-38-39-40-41-42-43-44-45-46-47-49-50-52-54-56-58-60-62-64-66-68-70-77(82)87-74-76(75-88-80(79(84)85)86-73-72-81(3,4)5)89-78(83)71-69-67-65-63-61-59-57-55-53-51-48-29-27-25-23-21-19-17-15-13-11-9-7-2/h9,11,15,17,21,23-24,26-27,29,51,53,76,80H,6-8,10,12-14,16,18-20,22,25,28,30-50,52,54-75H2,1-5H3/p+1/b11-9-,17-15-,23-21-,26-24-,29-27-,53-51-. The quantitative estimate of drug-likeness (QED) is 0.0211. The van der Waals surface area contributed by atoms with Crippen LogP contribution in [0.25, 0.3) is 0 Å². The molecule has 0 bridgehead atoms. The minimum Gasteiger partial charge on any atom is -0.477 e. The summed E-state index contributed by atoms with van der Waals surface area (Å²) in [7, 11) is 5.98. The Bertz CT molecular complexity index is 1690. The van der Waals surface area contributed by atoms with Gasteiger partial charge in [-0.3, -0.25) is 9.59 Å². The number of carboxylic acid groups (broad SMARTS) is 1. The number of quaternary nitrogens is 1. The van der Waals surface area contributed by atoms with Crippen LogP contribution in [0.2, 0.25) is 0 Å². The third kappa shape index (κ3) is 72.0. The molecule has 0 aliphatic rings. The average molecular weight is 1250 g/mol. The lowest BCUT2D eigenvalue weighted by Crippen LogP contribution is -2.40. The van der Waals surface area contributed by atoms with E-state index in [1.54, 1.807) is 0 Å². The smallest absolute Gasteiger partial charge is 0.361 e. The molecule has 0 radical (unpaired) electrons. The van der Waals surface area contributed by atoms with Crippen molar-refractivity contribution in [2.75, 3.05) is 47.5 Å². The van der Waals surface area contributed by atoms with Gasteiger partial charge >= 0.3 is 17.9 Å². The summed E-state index contributed by atoms with van der Waals surface area (Å²) in [5.74, 6) is -2.01. The maximum absolute atomic E-state index is 12.9. The lowest BCUT2D eigenvalue weighted by atomic mass is 10.0. The molecule has 518 valence electrons. The number of hydrogen-bond donors (Lipinski definition) is 1. The maximum atomic E-state index is 12.9. The van der Waals surface area contributed by atoms with Crippen molar-refractivity contribution in [2.24, 2.45) is 0 Å². The molecule has 0 spiro atoms. The van der Waals surface area contributed by atoms with Crippen molar-refractivity contribution in [2.45, 2.75) is 373 Å². The van der Waals surface area contributed by atoms with E-state index in [0.717, 1.165) is 77.0 Å². The van der Waals surface area contributed by atoms with Gasteiger partial charge in [0.25, 0.3) is 6.29 Å². The van der Waals surface area contributed by atoms with E-state index >= 15 is 0 Å². The number of unbranched alkanes of at least 4 members (excludes halogenated alkanes) is 44. The number of aliphatic carboxylic acids is 1. The number of nitrogens with zero attached hydrogens (tertiary/aromatic N) is 1. The van der Waals surface area contributed by atoms with E-state index in [9.17, 15) is 19.5 Å². The number of carboxylic acids is 1. The summed E-state index contributed by atoms with van der Waals surface area (Å²) in [6, 6.07) is 0. The first-order valence-electron chi connectivity index (χ1n) is 38.1. The Hall–Kier alpha value is -3.27.